The maximum absolute atomic E-state index is 10.8. The second-order valence-corrected chi connectivity index (χ2v) is 3.54. The maximum Gasteiger partial charge on any atom is 0.343 e. The van der Waals surface area contributed by atoms with E-state index in [4.69, 9.17) is 10.2 Å². The number of nitro groups is 1. The molecule has 0 bridgehead atoms. The van der Waals surface area contributed by atoms with E-state index in [0.29, 0.717) is 0 Å². The predicted molar refractivity (Wildman–Crippen MR) is 54.7 cm³/mol. The average Bonchev–Trinajstić information content (AvgIpc) is 2.15. The minimum Gasteiger partial charge on any atom is -0.478 e. The van der Waals surface area contributed by atoms with Gasteiger partial charge in [-0.3, -0.25) is 10.1 Å². The SMILES string of the molecule is O=C(O)c1c(Br)ccc([N+](=O)[O-])c1C(=O)O. The molecular formula is C8H4BrNO6. The Hall–Kier alpha value is -1.96. The fraction of sp³-hybridized carbons (Fsp3) is 0. The third-order valence-corrected chi connectivity index (χ3v) is 2.42. The summed E-state index contributed by atoms with van der Waals surface area (Å²) in [4.78, 5) is 31.2. The van der Waals surface area contributed by atoms with Gasteiger partial charge in [-0.1, -0.05) is 0 Å². The molecule has 0 unspecified atom stereocenters. The van der Waals surface area contributed by atoms with E-state index in [1.54, 1.807) is 0 Å². The number of aromatic carboxylic acids is 2. The molecule has 0 atom stereocenters. The molecule has 0 amide bonds. The van der Waals surface area contributed by atoms with Gasteiger partial charge < -0.3 is 10.2 Å². The number of halogens is 1. The summed E-state index contributed by atoms with van der Waals surface area (Å²) in [6.07, 6.45) is 0. The van der Waals surface area contributed by atoms with E-state index < -0.39 is 33.7 Å². The Kier molecular flexibility index (Phi) is 3.23. The van der Waals surface area contributed by atoms with Gasteiger partial charge in [0.25, 0.3) is 5.69 Å². The molecular weight excluding hydrogens is 286 g/mol. The molecule has 0 spiro atoms. The van der Waals surface area contributed by atoms with Crippen molar-refractivity contribution in [3.63, 3.8) is 0 Å². The third kappa shape index (κ3) is 2.01. The molecule has 0 saturated heterocycles. The number of hydrogen-bond acceptors (Lipinski definition) is 4. The van der Waals surface area contributed by atoms with Gasteiger partial charge in [0.2, 0.25) is 0 Å². The number of carboxylic acid groups (broad SMARTS) is 2. The highest BCUT2D eigenvalue weighted by Gasteiger charge is 2.29. The minimum atomic E-state index is -1.66. The molecule has 16 heavy (non-hydrogen) atoms. The number of rotatable bonds is 3. The number of carboxylic acids is 2. The van der Waals surface area contributed by atoms with Crippen LogP contribution in [0.4, 0.5) is 5.69 Å². The van der Waals surface area contributed by atoms with Crippen LogP contribution in [0.5, 0.6) is 0 Å². The summed E-state index contributed by atoms with van der Waals surface area (Å²) in [5.74, 6) is -3.21. The summed E-state index contributed by atoms with van der Waals surface area (Å²) >= 11 is 2.83. The van der Waals surface area contributed by atoms with Crippen molar-refractivity contribution >= 4 is 33.6 Å². The Morgan fingerprint density at radius 3 is 2.06 bits per heavy atom. The first-order chi connectivity index (χ1) is 7.36. The Bertz CT molecular complexity index is 498. The van der Waals surface area contributed by atoms with Crippen molar-refractivity contribution in [3.8, 4) is 0 Å². The van der Waals surface area contributed by atoms with E-state index in [-0.39, 0.29) is 4.47 Å². The highest BCUT2D eigenvalue weighted by Crippen LogP contribution is 2.28. The van der Waals surface area contributed by atoms with E-state index in [1.165, 1.54) is 0 Å². The van der Waals surface area contributed by atoms with Crippen LogP contribution in [-0.4, -0.2) is 27.1 Å². The van der Waals surface area contributed by atoms with Crippen molar-refractivity contribution in [2.75, 3.05) is 0 Å². The second kappa shape index (κ2) is 4.27. The van der Waals surface area contributed by atoms with Crippen LogP contribution in [0, 0.1) is 10.1 Å². The first kappa shape index (κ1) is 12.1. The standard InChI is InChI=1S/C8H4BrNO6/c9-3-1-2-4(10(15)16)6(8(13)14)5(3)7(11)12/h1-2H,(H,11,12)(H,13,14). The van der Waals surface area contributed by atoms with Crippen LogP contribution in [0.2, 0.25) is 0 Å². The molecule has 0 heterocycles. The molecule has 84 valence electrons. The zero-order chi connectivity index (χ0) is 12.5. The van der Waals surface area contributed by atoms with Gasteiger partial charge in [0, 0.05) is 10.5 Å². The van der Waals surface area contributed by atoms with Crippen LogP contribution >= 0.6 is 15.9 Å². The van der Waals surface area contributed by atoms with Gasteiger partial charge in [0.05, 0.1) is 10.5 Å². The quantitative estimate of drug-likeness (QED) is 0.646. The number of carbonyl (C=O) groups is 2. The molecule has 0 aromatic heterocycles. The predicted octanol–water partition coefficient (Wildman–Crippen LogP) is 1.75. The van der Waals surface area contributed by atoms with Crippen LogP contribution in [0.15, 0.2) is 16.6 Å². The van der Waals surface area contributed by atoms with Crippen LogP contribution in [-0.2, 0) is 0 Å². The van der Waals surface area contributed by atoms with Gasteiger partial charge in [-0.2, -0.15) is 0 Å². The van der Waals surface area contributed by atoms with Gasteiger partial charge in [0.15, 0.2) is 5.56 Å². The van der Waals surface area contributed by atoms with Crippen molar-refractivity contribution < 1.29 is 24.7 Å². The molecule has 0 saturated carbocycles. The lowest BCUT2D eigenvalue weighted by molar-refractivity contribution is -0.385. The van der Waals surface area contributed by atoms with Crippen LogP contribution in [0.1, 0.15) is 20.7 Å². The Balaban J connectivity index is 3.70. The summed E-state index contributed by atoms with van der Waals surface area (Å²) in [5, 5.41) is 28.1. The highest BCUT2D eigenvalue weighted by atomic mass is 79.9. The number of nitrogens with zero attached hydrogens (tertiary/aromatic N) is 1. The van der Waals surface area contributed by atoms with Crippen LogP contribution in [0.3, 0.4) is 0 Å². The number of benzene rings is 1. The highest BCUT2D eigenvalue weighted by molar-refractivity contribution is 9.10. The Labute approximate surface area is 96.6 Å². The molecule has 0 aliphatic carbocycles. The number of hydrogen-bond donors (Lipinski definition) is 2. The van der Waals surface area contributed by atoms with E-state index in [2.05, 4.69) is 15.9 Å². The minimum absolute atomic E-state index is 0.0250. The molecule has 8 heteroatoms. The summed E-state index contributed by atoms with van der Waals surface area (Å²) < 4.78 is -0.0250. The first-order valence-corrected chi connectivity index (χ1v) is 4.59. The van der Waals surface area contributed by atoms with Crippen molar-refractivity contribution in [3.05, 3.63) is 37.8 Å². The fourth-order valence-corrected chi connectivity index (χ4v) is 1.64. The van der Waals surface area contributed by atoms with Gasteiger partial charge >= 0.3 is 11.9 Å². The van der Waals surface area contributed by atoms with Crippen LogP contribution < -0.4 is 0 Å². The second-order valence-electron chi connectivity index (χ2n) is 2.68. The molecule has 0 fully saturated rings. The zero-order valence-corrected chi connectivity index (χ0v) is 9.09. The molecule has 2 N–H and O–H groups in total. The first-order valence-electron chi connectivity index (χ1n) is 3.79. The zero-order valence-electron chi connectivity index (χ0n) is 7.51. The topological polar surface area (TPSA) is 118 Å². The van der Waals surface area contributed by atoms with E-state index in [9.17, 15) is 19.7 Å². The normalized spacial score (nSPS) is 9.81. The molecule has 0 radical (unpaired) electrons. The number of nitro benzene ring substituents is 1. The van der Waals surface area contributed by atoms with Gasteiger partial charge in [0.1, 0.15) is 0 Å². The summed E-state index contributed by atoms with van der Waals surface area (Å²) in [5.41, 5.74) is -2.23. The smallest absolute Gasteiger partial charge is 0.343 e. The van der Waals surface area contributed by atoms with Crippen molar-refractivity contribution in [1.82, 2.24) is 0 Å². The van der Waals surface area contributed by atoms with Gasteiger partial charge in [-0.05, 0) is 22.0 Å². The molecule has 1 aromatic rings. The maximum atomic E-state index is 10.8. The fourth-order valence-electron chi connectivity index (χ4n) is 1.14. The summed E-state index contributed by atoms with van der Waals surface area (Å²) in [7, 11) is 0. The third-order valence-electron chi connectivity index (χ3n) is 1.76. The Morgan fingerprint density at radius 2 is 1.69 bits per heavy atom. The largest absolute Gasteiger partial charge is 0.478 e. The average molecular weight is 290 g/mol. The van der Waals surface area contributed by atoms with Crippen molar-refractivity contribution in [1.29, 1.82) is 0 Å². The van der Waals surface area contributed by atoms with E-state index in [0.717, 1.165) is 12.1 Å². The van der Waals surface area contributed by atoms with Crippen LogP contribution in [0.25, 0.3) is 0 Å². The lowest BCUT2D eigenvalue weighted by Crippen LogP contribution is -2.12. The van der Waals surface area contributed by atoms with E-state index >= 15 is 0 Å². The molecule has 0 aliphatic heterocycles. The summed E-state index contributed by atoms with van der Waals surface area (Å²) in [6.45, 7) is 0. The lowest BCUT2D eigenvalue weighted by atomic mass is 10.1. The molecule has 0 aliphatic rings. The molecule has 7 nitrogen and oxygen atoms in total. The molecule has 1 aromatic carbocycles. The van der Waals surface area contributed by atoms with Gasteiger partial charge in [-0.25, -0.2) is 9.59 Å². The Morgan fingerprint density at radius 1 is 1.19 bits per heavy atom. The van der Waals surface area contributed by atoms with Gasteiger partial charge in [-0.15, -0.1) is 0 Å². The monoisotopic (exact) mass is 289 g/mol. The van der Waals surface area contributed by atoms with E-state index in [1.807, 2.05) is 0 Å². The lowest BCUT2D eigenvalue weighted by Gasteiger charge is -2.04. The van der Waals surface area contributed by atoms with Crippen molar-refractivity contribution in [2.24, 2.45) is 0 Å². The molecule has 1 rings (SSSR count). The summed E-state index contributed by atoms with van der Waals surface area (Å²) in [6, 6.07) is 2.05. The van der Waals surface area contributed by atoms with Crippen molar-refractivity contribution in [2.45, 2.75) is 0 Å².